The van der Waals surface area contributed by atoms with Gasteiger partial charge in [-0.1, -0.05) is 6.07 Å². The van der Waals surface area contributed by atoms with Crippen molar-refractivity contribution in [3.63, 3.8) is 0 Å². The SMILES string of the molecule is COc1cc(F)c(C(=O)c2cccs2)cc1OC. The van der Waals surface area contributed by atoms with Gasteiger partial charge in [0.1, 0.15) is 5.82 Å². The highest BCUT2D eigenvalue weighted by atomic mass is 32.1. The molecule has 0 N–H and O–H groups in total. The van der Waals surface area contributed by atoms with Gasteiger partial charge in [0.15, 0.2) is 11.5 Å². The van der Waals surface area contributed by atoms with Crippen LogP contribution in [0.2, 0.25) is 0 Å². The zero-order valence-corrected chi connectivity index (χ0v) is 10.7. The minimum absolute atomic E-state index is 0.0184. The van der Waals surface area contributed by atoms with Crippen molar-refractivity contribution in [3.8, 4) is 11.5 Å². The summed E-state index contributed by atoms with van der Waals surface area (Å²) in [5.41, 5.74) is -0.0184. The number of ketones is 1. The average molecular weight is 266 g/mol. The van der Waals surface area contributed by atoms with Gasteiger partial charge in [-0.25, -0.2) is 4.39 Å². The third-order valence-electron chi connectivity index (χ3n) is 2.46. The van der Waals surface area contributed by atoms with Crippen LogP contribution in [0.1, 0.15) is 15.2 Å². The normalized spacial score (nSPS) is 10.2. The Morgan fingerprint density at radius 3 is 2.44 bits per heavy atom. The van der Waals surface area contributed by atoms with Crippen molar-refractivity contribution in [2.45, 2.75) is 0 Å². The largest absolute Gasteiger partial charge is 0.493 e. The Hall–Kier alpha value is -1.88. The lowest BCUT2D eigenvalue weighted by molar-refractivity contribution is 0.103. The van der Waals surface area contributed by atoms with Gasteiger partial charge in [0.25, 0.3) is 0 Å². The van der Waals surface area contributed by atoms with E-state index in [1.54, 1.807) is 17.5 Å². The summed E-state index contributed by atoms with van der Waals surface area (Å²) < 4.78 is 23.9. The molecule has 0 aliphatic heterocycles. The van der Waals surface area contributed by atoms with Crippen molar-refractivity contribution in [2.75, 3.05) is 14.2 Å². The molecule has 0 amide bonds. The predicted molar refractivity (Wildman–Crippen MR) is 67.3 cm³/mol. The van der Waals surface area contributed by atoms with Crippen LogP contribution in [0.3, 0.4) is 0 Å². The van der Waals surface area contributed by atoms with Crippen LogP contribution in [0.5, 0.6) is 11.5 Å². The Labute approximate surface area is 108 Å². The van der Waals surface area contributed by atoms with Crippen LogP contribution in [0, 0.1) is 5.82 Å². The molecule has 1 heterocycles. The lowest BCUT2D eigenvalue weighted by atomic mass is 10.1. The average Bonchev–Trinajstić information content (AvgIpc) is 2.91. The van der Waals surface area contributed by atoms with Gasteiger partial charge in [0.2, 0.25) is 5.78 Å². The molecule has 0 saturated carbocycles. The number of rotatable bonds is 4. The number of hydrogen-bond donors (Lipinski definition) is 0. The lowest BCUT2D eigenvalue weighted by Gasteiger charge is -2.09. The van der Waals surface area contributed by atoms with E-state index in [0.717, 1.165) is 6.07 Å². The molecule has 0 fully saturated rings. The highest BCUT2D eigenvalue weighted by Gasteiger charge is 2.18. The number of benzene rings is 1. The van der Waals surface area contributed by atoms with Crippen LogP contribution in [-0.4, -0.2) is 20.0 Å². The molecule has 18 heavy (non-hydrogen) atoms. The Morgan fingerprint density at radius 1 is 1.22 bits per heavy atom. The van der Waals surface area contributed by atoms with Crippen LogP contribution >= 0.6 is 11.3 Å². The van der Waals surface area contributed by atoms with E-state index >= 15 is 0 Å². The molecule has 2 aromatic rings. The second-order valence-electron chi connectivity index (χ2n) is 3.49. The number of carbonyl (C=O) groups excluding carboxylic acids is 1. The topological polar surface area (TPSA) is 35.5 Å². The summed E-state index contributed by atoms with van der Waals surface area (Å²) >= 11 is 1.27. The smallest absolute Gasteiger partial charge is 0.206 e. The van der Waals surface area contributed by atoms with E-state index in [2.05, 4.69) is 0 Å². The first-order valence-corrected chi connectivity index (χ1v) is 6.05. The summed E-state index contributed by atoms with van der Waals surface area (Å²) in [5.74, 6) is -0.383. The first kappa shape index (κ1) is 12.6. The van der Waals surface area contributed by atoms with E-state index in [-0.39, 0.29) is 17.1 Å². The third kappa shape index (κ3) is 2.22. The number of hydrogen-bond acceptors (Lipinski definition) is 4. The predicted octanol–water partition coefficient (Wildman–Crippen LogP) is 3.14. The van der Waals surface area contributed by atoms with Gasteiger partial charge >= 0.3 is 0 Å². The Balaban J connectivity index is 2.48. The van der Waals surface area contributed by atoms with Gasteiger partial charge < -0.3 is 9.47 Å². The minimum Gasteiger partial charge on any atom is -0.493 e. The molecule has 1 aromatic carbocycles. The first-order chi connectivity index (χ1) is 8.67. The molecule has 94 valence electrons. The van der Waals surface area contributed by atoms with Crippen molar-refractivity contribution in [1.82, 2.24) is 0 Å². The zero-order chi connectivity index (χ0) is 13.1. The van der Waals surface area contributed by atoms with Gasteiger partial charge in [-0.05, 0) is 17.5 Å². The number of methoxy groups -OCH3 is 2. The molecular weight excluding hydrogens is 255 g/mol. The van der Waals surface area contributed by atoms with Crippen molar-refractivity contribution in [2.24, 2.45) is 0 Å². The summed E-state index contributed by atoms with van der Waals surface area (Å²) in [5, 5.41) is 1.77. The van der Waals surface area contributed by atoms with E-state index in [9.17, 15) is 9.18 Å². The summed E-state index contributed by atoms with van der Waals surface area (Å²) in [4.78, 5) is 12.6. The van der Waals surface area contributed by atoms with E-state index < -0.39 is 5.82 Å². The highest BCUT2D eigenvalue weighted by molar-refractivity contribution is 7.12. The van der Waals surface area contributed by atoms with E-state index in [1.807, 2.05) is 0 Å². The molecule has 0 radical (unpaired) electrons. The number of thiophene rings is 1. The molecule has 1 aromatic heterocycles. The molecule has 5 heteroatoms. The second-order valence-corrected chi connectivity index (χ2v) is 4.44. The van der Waals surface area contributed by atoms with Crippen molar-refractivity contribution >= 4 is 17.1 Å². The number of carbonyl (C=O) groups is 1. The maximum atomic E-state index is 13.8. The second kappa shape index (κ2) is 5.18. The van der Waals surface area contributed by atoms with E-state index in [4.69, 9.17) is 9.47 Å². The van der Waals surface area contributed by atoms with Crippen molar-refractivity contribution < 1.29 is 18.7 Å². The van der Waals surface area contributed by atoms with Gasteiger partial charge in [-0.15, -0.1) is 11.3 Å². The first-order valence-electron chi connectivity index (χ1n) is 5.17. The molecule has 0 aliphatic rings. The number of halogens is 1. The Bertz CT molecular complexity index is 564. The minimum atomic E-state index is -0.619. The molecule has 3 nitrogen and oxygen atoms in total. The Morgan fingerprint density at radius 2 is 1.89 bits per heavy atom. The van der Waals surface area contributed by atoms with Gasteiger partial charge in [0.05, 0.1) is 24.7 Å². The molecule has 0 aliphatic carbocycles. The lowest BCUT2D eigenvalue weighted by Crippen LogP contribution is -2.04. The summed E-state index contributed by atoms with van der Waals surface area (Å²) in [6.07, 6.45) is 0. The molecule has 2 rings (SSSR count). The fourth-order valence-corrected chi connectivity index (χ4v) is 2.25. The van der Waals surface area contributed by atoms with E-state index in [1.165, 1.54) is 31.6 Å². The maximum absolute atomic E-state index is 13.8. The summed E-state index contributed by atoms with van der Waals surface area (Å²) in [6.45, 7) is 0. The fourth-order valence-electron chi connectivity index (χ4n) is 1.57. The van der Waals surface area contributed by atoms with E-state index in [0.29, 0.717) is 10.6 Å². The highest BCUT2D eigenvalue weighted by Crippen LogP contribution is 2.31. The maximum Gasteiger partial charge on any atom is 0.206 e. The van der Waals surface area contributed by atoms with Crippen molar-refractivity contribution in [3.05, 3.63) is 45.9 Å². The number of ether oxygens (including phenoxy) is 2. The summed E-state index contributed by atoms with van der Waals surface area (Å²) in [6, 6.07) is 5.91. The Kier molecular flexibility index (Phi) is 3.62. The molecular formula is C13H11FO3S. The van der Waals surface area contributed by atoms with Crippen LogP contribution in [0.25, 0.3) is 0 Å². The van der Waals surface area contributed by atoms with Crippen LogP contribution in [0.4, 0.5) is 4.39 Å². The fraction of sp³-hybridized carbons (Fsp3) is 0.154. The van der Waals surface area contributed by atoms with Gasteiger partial charge in [0, 0.05) is 6.07 Å². The van der Waals surface area contributed by atoms with Gasteiger partial charge in [-0.3, -0.25) is 4.79 Å². The molecule has 0 atom stereocenters. The van der Waals surface area contributed by atoms with Crippen LogP contribution in [0.15, 0.2) is 29.6 Å². The van der Waals surface area contributed by atoms with Crippen LogP contribution < -0.4 is 9.47 Å². The van der Waals surface area contributed by atoms with Gasteiger partial charge in [-0.2, -0.15) is 0 Å². The monoisotopic (exact) mass is 266 g/mol. The quantitative estimate of drug-likeness (QED) is 0.797. The van der Waals surface area contributed by atoms with Crippen LogP contribution in [-0.2, 0) is 0 Å². The molecule has 0 bridgehead atoms. The standard InChI is InChI=1S/C13H11FO3S/c1-16-10-6-8(9(14)7-11(10)17-2)13(15)12-4-3-5-18-12/h3-7H,1-2H3. The molecule has 0 spiro atoms. The van der Waals surface area contributed by atoms with Crippen molar-refractivity contribution in [1.29, 1.82) is 0 Å². The molecule has 0 unspecified atom stereocenters. The third-order valence-corrected chi connectivity index (χ3v) is 3.33. The zero-order valence-electron chi connectivity index (χ0n) is 9.90. The molecule has 0 saturated heterocycles. The summed E-state index contributed by atoms with van der Waals surface area (Å²) in [7, 11) is 2.85.